The standard InChI is InChI=1S/C19H24ClNO2/c1-13-5-6-14(2)19(15(13)3)23-10-9-22-18-8-7-17(20)11-16(18)12-21-4/h5-8,11,21H,9-10,12H2,1-4H3. The molecule has 0 fully saturated rings. The molecule has 0 aliphatic rings. The van der Waals surface area contributed by atoms with Crippen LogP contribution in [0.15, 0.2) is 30.3 Å². The molecule has 2 rings (SSSR count). The highest BCUT2D eigenvalue weighted by molar-refractivity contribution is 6.30. The van der Waals surface area contributed by atoms with E-state index in [0.717, 1.165) is 22.6 Å². The van der Waals surface area contributed by atoms with Crippen molar-refractivity contribution in [2.45, 2.75) is 27.3 Å². The summed E-state index contributed by atoms with van der Waals surface area (Å²) >= 11 is 6.04. The lowest BCUT2D eigenvalue weighted by atomic mass is 10.1. The average Bonchev–Trinajstić information content (AvgIpc) is 2.52. The van der Waals surface area contributed by atoms with Crippen molar-refractivity contribution in [3.8, 4) is 11.5 Å². The number of ether oxygens (including phenoxy) is 2. The molecule has 2 aromatic carbocycles. The van der Waals surface area contributed by atoms with Crippen molar-refractivity contribution >= 4 is 11.6 Å². The van der Waals surface area contributed by atoms with Crippen molar-refractivity contribution in [3.05, 3.63) is 57.6 Å². The Morgan fingerprint density at radius 3 is 2.39 bits per heavy atom. The Hall–Kier alpha value is -1.71. The van der Waals surface area contributed by atoms with Crippen molar-refractivity contribution in [3.63, 3.8) is 0 Å². The largest absolute Gasteiger partial charge is 0.490 e. The van der Waals surface area contributed by atoms with Gasteiger partial charge < -0.3 is 14.8 Å². The highest BCUT2D eigenvalue weighted by atomic mass is 35.5. The van der Waals surface area contributed by atoms with Gasteiger partial charge in [-0.05, 0) is 62.7 Å². The molecule has 0 spiro atoms. The van der Waals surface area contributed by atoms with E-state index in [4.69, 9.17) is 21.1 Å². The zero-order valence-electron chi connectivity index (χ0n) is 14.2. The topological polar surface area (TPSA) is 30.5 Å². The maximum Gasteiger partial charge on any atom is 0.125 e. The normalized spacial score (nSPS) is 10.7. The van der Waals surface area contributed by atoms with Gasteiger partial charge in [-0.1, -0.05) is 23.7 Å². The third-order valence-electron chi connectivity index (χ3n) is 3.85. The summed E-state index contributed by atoms with van der Waals surface area (Å²) in [7, 11) is 1.90. The van der Waals surface area contributed by atoms with E-state index in [-0.39, 0.29) is 0 Å². The zero-order valence-corrected chi connectivity index (χ0v) is 15.0. The molecule has 0 amide bonds. The van der Waals surface area contributed by atoms with E-state index in [0.29, 0.717) is 24.8 Å². The molecule has 0 heterocycles. The maximum absolute atomic E-state index is 6.04. The first-order chi connectivity index (χ1) is 11.0. The van der Waals surface area contributed by atoms with Crippen LogP contribution in [0.25, 0.3) is 0 Å². The molecule has 1 N–H and O–H groups in total. The van der Waals surface area contributed by atoms with Gasteiger partial charge in [-0.3, -0.25) is 0 Å². The Morgan fingerprint density at radius 2 is 1.65 bits per heavy atom. The highest BCUT2D eigenvalue weighted by Gasteiger charge is 2.07. The monoisotopic (exact) mass is 333 g/mol. The second-order valence-corrected chi connectivity index (χ2v) is 6.07. The molecule has 2 aromatic rings. The second kappa shape index (κ2) is 8.23. The number of nitrogens with one attached hydrogen (secondary N) is 1. The van der Waals surface area contributed by atoms with Gasteiger partial charge in [-0.25, -0.2) is 0 Å². The van der Waals surface area contributed by atoms with Gasteiger partial charge in [0.1, 0.15) is 24.7 Å². The summed E-state index contributed by atoms with van der Waals surface area (Å²) in [5, 5.41) is 3.83. The van der Waals surface area contributed by atoms with Crippen LogP contribution < -0.4 is 14.8 Å². The van der Waals surface area contributed by atoms with Crippen molar-refractivity contribution in [2.24, 2.45) is 0 Å². The van der Waals surface area contributed by atoms with Crippen LogP contribution in [0.3, 0.4) is 0 Å². The molecule has 0 aliphatic heterocycles. The maximum atomic E-state index is 6.04. The van der Waals surface area contributed by atoms with Gasteiger partial charge in [0.05, 0.1) is 0 Å². The van der Waals surface area contributed by atoms with Gasteiger partial charge >= 0.3 is 0 Å². The molecule has 0 radical (unpaired) electrons. The first kappa shape index (κ1) is 17.6. The van der Waals surface area contributed by atoms with E-state index in [1.54, 1.807) is 0 Å². The Morgan fingerprint density at radius 1 is 0.957 bits per heavy atom. The van der Waals surface area contributed by atoms with Gasteiger partial charge in [0.15, 0.2) is 0 Å². The van der Waals surface area contributed by atoms with Crippen molar-refractivity contribution < 1.29 is 9.47 Å². The van der Waals surface area contributed by atoms with Gasteiger partial charge in [0.2, 0.25) is 0 Å². The summed E-state index contributed by atoms with van der Waals surface area (Å²) in [4.78, 5) is 0. The number of rotatable bonds is 7. The molecule has 0 bridgehead atoms. The molecule has 0 saturated carbocycles. The van der Waals surface area contributed by atoms with Crippen LogP contribution in [0.2, 0.25) is 5.02 Å². The van der Waals surface area contributed by atoms with Crippen LogP contribution >= 0.6 is 11.6 Å². The first-order valence-electron chi connectivity index (χ1n) is 7.78. The molecule has 0 unspecified atom stereocenters. The van der Waals surface area contributed by atoms with E-state index >= 15 is 0 Å². The van der Waals surface area contributed by atoms with Gasteiger partial charge in [-0.2, -0.15) is 0 Å². The van der Waals surface area contributed by atoms with Crippen LogP contribution in [0, 0.1) is 20.8 Å². The lowest BCUT2D eigenvalue weighted by Crippen LogP contribution is -2.13. The summed E-state index contributed by atoms with van der Waals surface area (Å²) in [5.41, 5.74) is 4.62. The molecular formula is C19H24ClNO2. The third-order valence-corrected chi connectivity index (χ3v) is 4.09. The quantitative estimate of drug-likeness (QED) is 0.760. The van der Waals surface area contributed by atoms with Crippen LogP contribution in [0.4, 0.5) is 0 Å². The lowest BCUT2D eigenvalue weighted by molar-refractivity contribution is 0.214. The Bertz CT molecular complexity index is 671. The van der Waals surface area contributed by atoms with Crippen molar-refractivity contribution in [1.29, 1.82) is 0 Å². The van der Waals surface area contributed by atoms with Gasteiger partial charge in [-0.15, -0.1) is 0 Å². The van der Waals surface area contributed by atoms with E-state index < -0.39 is 0 Å². The molecule has 124 valence electrons. The summed E-state index contributed by atoms with van der Waals surface area (Å²) < 4.78 is 11.8. The molecular weight excluding hydrogens is 310 g/mol. The first-order valence-corrected chi connectivity index (χ1v) is 8.16. The minimum Gasteiger partial charge on any atom is -0.490 e. The van der Waals surface area contributed by atoms with Crippen LogP contribution in [0.1, 0.15) is 22.3 Å². The Balaban J connectivity index is 1.95. The third kappa shape index (κ3) is 4.63. The molecule has 0 aromatic heterocycles. The smallest absolute Gasteiger partial charge is 0.125 e. The van der Waals surface area contributed by atoms with E-state index in [2.05, 4.69) is 38.2 Å². The minimum atomic E-state index is 0.491. The fraction of sp³-hybridized carbons (Fsp3) is 0.368. The zero-order chi connectivity index (χ0) is 16.8. The van der Waals surface area contributed by atoms with Gasteiger partial charge in [0.25, 0.3) is 0 Å². The summed E-state index contributed by atoms with van der Waals surface area (Å²) in [5.74, 6) is 1.80. The Labute approximate surface area is 143 Å². The molecule has 23 heavy (non-hydrogen) atoms. The van der Waals surface area contributed by atoms with Crippen molar-refractivity contribution in [1.82, 2.24) is 5.32 Å². The van der Waals surface area contributed by atoms with E-state index in [9.17, 15) is 0 Å². The number of halogens is 1. The van der Waals surface area contributed by atoms with E-state index in [1.165, 1.54) is 11.1 Å². The second-order valence-electron chi connectivity index (χ2n) is 5.63. The fourth-order valence-electron chi connectivity index (χ4n) is 2.46. The molecule has 0 atom stereocenters. The van der Waals surface area contributed by atoms with Crippen LogP contribution in [-0.2, 0) is 6.54 Å². The average molecular weight is 334 g/mol. The van der Waals surface area contributed by atoms with Crippen LogP contribution in [0.5, 0.6) is 11.5 Å². The molecule has 0 saturated heterocycles. The van der Waals surface area contributed by atoms with Crippen molar-refractivity contribution in [2.75, 3.05) is 20.3 Å². The molecule has 3 nitrogen and oxygen atoms in total. The summed E-state index contributed by atoms with van der Waals surface area (Å²) in [6.07, 6.45) is 0. The fourth-order valence-corrected chi connectivity index (χ4v) is 2.66. The Kier molecular flexibility index (Phi) is 6.31. The number of hydrogen-bond donors (Lipinski definition) is 1. The lowest BCUT2D eigenvalue weighted by Gasteiger charge is -2.15. The molecule has 0 aliphatic carbocycles. The molecule has 4 heteroatoms. The number of benzene rings is 2. The summed E-state index contributed by atoms with van der Waals surface area (Å²) in [6.45, 7) is 7.95. The predicted octanol–water partition coefficient (Wildman–Crippen LogP) is 4.44. The van der Waals surface area contributed by atoms with Crippen LogP contribution in [-0.4, -0.2) is 20.3 Å². The number of hydrogen-bond acceptors (Lipinski definition) is 3. The van der Waals surface area contributed by atoms with Gasteiger partial charge in [0, 0.05) is 17.1 Å². The minimum absolute atomic E-state index is 0.491. The number of aryl methyl sites for hydroxylation is 2. The highest BCUT2D eigenvalue weighted by Crippen LogP contribution is 2.26. The van der Waals surface area contributed by atoms with E-state index in [1.807, 2.05) is 25.2 Å². The predicted molar refractivity (Wildman–Crippen MR) is 95.9 cm³/mol. The SMILES string of the molecule is CNCc1cc(Cl)ccc1OCCOc1c(C)ccc(C)c1C. The summed E-state index contributed by atoms with van der Waals surface area (Å²) in [6, 6.07) is 9.86.